The van der Waals surface area contributed by atoms with E-state index in [1.807, 2.05) is 6.92 Å². The highest BCUT2D eigenvalue weighted by Gasteiger charge is 2.38. The number of hydrogen-bond donors (Lipinski definition) is 1. The molecule has 6 nitrogen and oxygen atoms in total. The quantitative estimate of drug-likeness (QED) is 0.904. The van der Waals surface area contributed by atoms with Crippen molar-refractivity contribution >= 4 is 21.7 Å². The second kappa shape index (κ2) is 6.08. The molecule has 1 aliphatic heterocycles. The molecule has 1 heterocycles. The summed E-state index contributed by atoms with van der Waals surface area (Å²) in [6.45, 7) is 3.79. The first kappa shape index (κ1) is 16.5. The normalized spacial score (nSPS) is 21.8. The molecule has 1 amide bonds. The second-order valence-corrected chi connectivity index (χ2v) is 7.86. The van der Waals surface area contributed by atoms with Crippen LogP contribution in [0.15, 0.2) is 29.2 Å². The second-order valence-electron chi connectivity index (χ2n) is 5.58. The molecule has 0 aliphatic carbocycles. The number of carboxylic acid groups (broad SMARTS) is 1. The number of carboxylic acids is 1. The Hall–Kier alpha value is -1.89. The summed E-state index contributed by atoms with van der Waals surface area (Å²) < 4.78 is 23.8. The molecule has 2 atom stereocenters. The van der Waals surface area contributed by atoms with Crippen molar-refractivity contribution in [1.29, 1.82) is 0 Å². The number of carbonyl (C=O) groups excluding carboxylic acids is 1. The van der Waals surface area contributed by atoms with Crippen molar-refractivity contribution in [2.45, 2.75) is 31.2 Å². The van der Waals surface area contributed by atoms with E-state index < -0.39 is 27.8 Å². The summed E-state index contributed by atoms with van der Waals surface area (Å²) in [5.74, 6) is -1.42. The van der Waals surface area contributed by atoms with Crippen LogP contribution < -0.4 is 0 Å². The topological polar surface area (TPSA) is 91.8 Å². The van der Waals surface area contributed by atoms with Gasteiger partial charge in [0.25, 0.3) is 5.91 Å². The van der Waals surface area contributed by atoms with Crippen LogP contribution in [0.2, 0.25) is 0 Å². The summed E-state index contributed by atoms with van der Waals surface area (Å²) in [5, 5.41) is 9.23. The fourth-order valence-corrected chi connectivity index (χ4v) is 3.59. The van der Waals surface area contributed by atoms with Crippen LogP contribution in [0.1, 0.15) is 30.6 Å². The van der Waals surface area contributed by atoms with Gasteiger partial charge in [-0.2, -0.15) is 0 Å². The van der Waals surface area contributed by atoms with Gasteiger partial charge >= 0.3 is 5.97 Å². The highest BCUT2D eigenvalue weighted by molar-refractivity contribution is 7.91. The number of carbonyl (C=O) groups is 2. The Kier molecular flexibility index (Phi) is 4.55. The first-order chi connectivity index (χ1) is 10.3. The summed E-state index contributed by atoms with van der Waals surface area (Å²) in [6, 6.07) is 4.93. The van der Waals surface area contributed by atoms with Gasteiger partial charge in [-0.15, -0.1) is 0 Å². The molecule has 1 N–H and O–H groups in total. The van der Waals surface area contributed by atoms with Crippen LogP contribution in [0.25, 0.3) is 0 Å². The SMILES string of the molecule is CCS(=O)(=O)c1cccc(C(=O)N2C[C@H](C)C[C@@H]2C(=O)O)c1. The Balaban J connectivity index is 2.34. The summed E-state index contributed by atoms with van der Waals surface area (Å²) in [7, 11) is -3.41. The van der Waals surface area contributed by atoms with Crippen LogP contribution in [-0.2, 0) is 14.6 Å². The third-order valence-electron chi connectivity index (χ3n) is 3.88. The van der Waals surface area contributed by atoms with Crippen LogP contribution in [-0.4, -0.2) is 48.6 Å². The van der Waals surface area contributed by atoms with Gasteiger partial charge < -0.3 is 10.0 Å². The summed E-state index contributed by atoms with van der Waals surface area (Å²) in [6.07, 6.45) is 0.411. The molecule has 22 heavy (non-hydrogen) atoms. The number of aliphatic carboxylic acids is 1. The van der Waals surface area contributed by atoms with Crippen LogP contribution >= 0.6 is 0 Å². The molecule has 7 heteroatoms. The van der Waals surface area contributed by atoms with E-state index in [1.54, 1.807) is 0 Å². The predicted octanol–water partition coefficient (Wildman–Crippen LogP) is 1.42. The minimum atomic E-state index is -3.41. The Bertz CT molecular complexity index is 698. The molecule has 1 aliphatic rings. The number of nitrogens with zero attached hydrogens (tertiary/aromatic N) is 1. The zero-order valence-corrected chi connectivity index (χ0v) is 13.3. The molecule has 0 spiro atoms. The number of likely N-dealkylation sites (tertiary alicyclic amines) is 1. The van der Waals surface area contributed by atoms with E-state index in [1.165, 1.54) is 36.1 Å². The van der Waals surface area contributed by atoms with E-state index in [4.69, 9.17) is 0 Å². The van der Waals surface area contributed by atoms with Crippen molar-refractivity contribution in [3.8, 4) is 0 Å². The molecule has 0 bridgehead atoms. The number of rotatable bonds is 4. The van der Waals surface area contributed by atoms with Crippen molar-refractivity contribution in [2.75, 3.05) is 12.3 Å². The minimum absolute atomic E-state index is 0.0524. The number of benzene rings is 1. The van der Waals surface area contributed by atoms with Gasteiger partial charge in [-0.25, -0.2) is 13.2 Å². The van der Waals surface area contributed by atoms with Crippen molar-refractivity contribution in [1.82, 2.24) is 4.90 Å². The molecular formula is C15H19NO5S. The lowest BCUT2D eigenvalue weighted by molar-refractivity contribution is -0.141. The zero-order valence-electron chi connectivity index (χ0n) is 12.5. The van der Waals surface area contributed by atoms with Gasteiger partial charge in [0.2, 0.25) is 0 Å². The van der Waals surface area contributed by atoms with Gasteiger partial charge in [-0.05, 0) is 30.5 Å². The molecule has 0 unspecified atom stereocenters. The maximum atomic E-state index is 12.5. The lowest BCUT2D eigenvalue weighted by Crippen LogP contribution is -2.40. The van der Waals surface area contributed by atoms with E-state index in [0.29, 0.717) is 13.0 Å². The molecular weight excluding hydrogens is 306 g/mol. The van der Waals surface area contributed by atoms with Crippen molar-refractivity contribution in [3.05, 3.63) is 29.8 Å². The molecule has 0 aromatic heterocycles. The van der Waals surface area contributed by atoms with Crippen LogP contribution in [0.5, 0.6) is 0 Å². The molecule has 1 aromatic rings. The first-order valence-electron chi connectivity index (χ1n) is 7.13. The lowest BCUT2D eigenvalue weighted by Gasteiger charge is -2.21. The Morgan fingerprint density at radius 3 is 2.64 bits per heavy atom. The number of amides is 1. The molecule has 0 radical (unpaired) electrons. The van der Waals surface area contributed by atoms with E-state index >= 15 is 0 Å². The minimum Gasteiger partial charge on any atom is -0.480 e. The third kappa shape index (κ3) is 3.14. The maximum absolute atomic E-state index is 12.5. The lowest BCUT2D eigenvalue weighted by atomic mass is 10.1. The van der Waals surface area contributed by atoms with Gasteiger partial charge in [-0.1, -0.05) is 19.9 Å². The average molecular weight is 325 g/mol. The predicted molar refractivity (Wildman–Crippen MR) is 80.4 cm³/mol. The van der Waals surface area contributed by atoms with E-state index in [-0.39, 0.29) is 22.1 Å². The van der Waals surface area contributed by atoms with Gasteiger partial charge in [0.1, 0.15) is 6.04 Å². The Morgan fingerprint density at radius 2 is 2.05 bits per heavy atom. The molecule has 2 rings (SSSR count). The molecule has 0 saturated carbocycles. The molecule has 1 saturated heterocycles. The third-order valence-corrected chi connectivity index (χ3v) is 5.61. The number of hydrogen-bond acceptors (Lipinski definition) is 4. The zero-order chi connectivity index (χ0) is 16.5. The summed E-state index contributed by atoms with van der Waals surface area (Å²) in [4.78, 5) is 25.2. The Morgan fingerprint density at radius 1 is 1.36 bits per heavy atom. The monoisotopic (exact) mass is 325 g/mol. The van der Waals surface area contributed by atoms with Crippen molar-refractivity contribution in [3.63, 3.8) is 0 Å². The number of sulfone groups is 1. The fraction of sp³-hybridized carbons (Fsp3) is 0.467. The van der Waals surface area contributed by atoms with Gasteiger partial charge in [-0.3, -0.25) is 4.79 Å². The fourth-order valence-electron chi connectivity index (χ4n) is 2.66. The smallest absolute Gasteiger partial charge is 0.326 e. The Labute approximate surface area is 129 Å². The standard InChI is InChI=1S/C15H19NO5S/c1-3-22(20,21)12-6-4-5-11(8-12)14(17)16-9-10(2)7-13(16)15(18)19/h4-6,8,10,13H,3,7,9H2,1-2H3,(H,18,19)/t10-,13-/m1/s1. The van der Waals surface area contributed by atoms with Crippen LogP contribution in [0.4, 0.5) is 0 Å². The summed E-state index contributed by atoms with van der Waals surface area (Å²) in [5.41, 5.74) is 0.204. The molecule has 1 fully saturated rings. The molecule has 120 valence electrons. The largest absolute Gasteiger partial charge is 0.480 e. The van der Waals surface area contributed by atoms with Crippen molar-refractivity contribution in [2.24, 2.45) is 5.92 Å². The highest BCUT2D eigenvalue weighted by atomic mass is 32.2. The summed E-state index contributed by atoms with van der Waals surface area (Å²) >= 11 is 0. The van der Waals surface area contributed by atoms with Crippen LogP contribution in [0, 0.1) is 5.92 Å². The van der Waals surface area contributed by atoms with Gasteiger partial charge in [0, 0.05) is 12.1 Å². The first-order valence-corrected chi connectivity index (χ1v) is 8.78. The van der Waals surface area contributed by atoms with Crippen molar-refractivity contribution < 1.29 is 23.1 Å². The van der Waals surface area contributed by atoms with Gasteiger partial charge in [0.05, 0.1) is 10.6 Å². The highest BCUT2D eigenvalue weighted by Crippen LogP contribution is 2.25. The van der Waals surface area contributed by atoms with Crippen LogP contribution in [0.3, 0.4) is 0 Å². The van der Waals surface area contributed by atoms with E-state index in [0.717, 1.165) is 0 Å². The van der Waals surface area contributed by atoms with E-state index in [9.17, 15) is 23.1 Å². The van der Waals surface area contributed by atoms with Gasteiger partial charge in [0.15, 0.2) is 9.84 Å². The maximum Gasteiger partial charge on any atom is 0.326 e. The van der Waals surface area contributed by atoms with E-state index in [2.05, 4.69) is 0 Å². The molecule has 1 aromatic carbocycles. The average Bonchev–Trinajstić information content (AvgIpc) is 2.89.